The lowest BCUT2D eigenvalue weighted by Gasteiger charge is -2.15. The third-order valence-corrected chi connectivity index (χ3v) is 5.15. The molecule has 1 heterocycles. The third-order valence-electron chi connectivity index (χ3n) is 3.55. The summed E-state index contributed by atoms with van der Waals surface area (Å²) in [5.41, 5.74) is 2.89. The average molecular weight is 403 g/mol. The largest absolute Gasteiger partial charge is 0.366 e. The smallest absolute Gasteiger partial charge is 0.295 e. The van der Waals surface area contributed by atoms with Crippen LogP contribution in [-0.2, 0) is 4.79 Å². The SMILES string of the molecule is Cc1ccc(/C=C2\SC(=O)N(CNc3ccccc3Br)C2=O)cc1. The van der Waals surface area contributed by atoms with Crippen molar-refractivity contribution in [3.63, 3.8) is 0 Å². The van der Waals surface area contributed by atoms with Crippen LogP contribution in [0.25, 0.3) is 6.08 Å². The molecule has 0 saturated carbocycles. The quantitative estimate of drug-likeness (QED) is 0.741. The van der Waals surface area contributed by atoms with Gasteiger partial charge in [0.1, 0.15) is 0 Å². The van der Waals surface area contributed by atoms with Crippen LogP contribution < -0.4 is 5.32 Å². The summed E-state index contributed by atoms with van der Waals surface area (Å²) in [6.07, 6.45) is 1.75. The first-order chi connectivity index (χ1) is 11.5. The van der Waals surface area contributed by atoms with Gasteiger partial charge in [0.2, 0.25) is 0 Å². The first-order valence-electron chi connectivity index (χ1n) is 7.35. The molecular formula is C18H15BrN2O2S. The highest BCUT2D eigenvalue weighted by atomic mass is 79.9. The zero-order valence-electron chi connectivity index (χ0n) is 13.0. The van der Waals surface area contributed by atoms with Gasteiger partial charge in [0, 0.05) is 10.2 Å². The van der Waals surface area contributed by atoms with Gasteiger partial charge in [-0.15, -0.1) is 0 Å². The number of hydrogen-bond donors (Lipinski definition) is 1. The number of carbonyl (C=O) groups excluding carboxylic acids is 2. The van der Waals surface area contributed by atoms with Crippen molar-refractivity contribution in [3.8, 4) is 0 Å². The minimum Gasteiger partial charge on any atom is -0.366 e. The molecular weight excluding hydrogens is 388 g/mol. The topological polar surface area (TPSA) is 49.4 Å². The normalized spacial score (nSPS) is 16.1. The average Bonchev–Trinajstić information content (AvgIpc) is 2.83. The predicted molar refractivity (Wildman–Crippen MR) is 102 cm³/mol. The molecule has 4 nitrogen and oxygen atoms in total. The van der Waals surface area contributed by atoms with Crippen LogP contribution in [0.2, 0.25) is 0 Å². The van der Waals surface area contributed by atoms with E-state index < -0.39 is 0 Å². The molecule has 1 aliphatic heterocycles. The lowest BCUT2D eigenvalue weighted by molar-refractivity contribution is -0.122. The number of para-hydroxylation sites is 1. The molecule has 0 atom stereocenters. The molecule has 24 heavy (non-hydrogen) atoms. The van der Waals surface area contributed by atoms with E-state index in [-0.39, 0.29) is 17.8 Å². The van der Waals surface area contributed by atoms with Gasteiger partial charge in [0.05, 0.1) is 11.6 Å². The molecule has 6 heteroatoms. The second kappa shape index (κ2) is 7.23. The van der Waals surface area contributed by atoms with Crippen LogP contribution in [0.5, 0.6) is 0 Å². The molecule has 0 aliphatic carbocycles. The summed E-state index contributed by atoms with van der Waals surface area (Å²) in [6, 6.07) is 15.4. The lowest BCUT2D eigenvalue weighted by Crippen LogP contribution is -2.33. The third kappa shape index (κ3) is 3.71. The van der Waals surface area contributed by atoms with Crippen LogP contribution in [0.4, 0.5) is 10.5 Å². The number of amides is 2. The molecule has 1 fully saturated rings. The van der Waals surface area contributed by atoms with Gasteiger partial charge in [-0.1, -0.05) is 42.0 Å². The molecule has 0 bridgehead atoms. The van der Waals surface area contributed by atoms with Crippen LogP contribution in [-0.4, -0.2) is 22.7 Å². The van der Waals surface area contributed by atoms with Gasteiger partial charge in [-0.05, 0) is 58.4 Å². The van der Waals surface area contributed by atoms with E-state index in [4.69, 9.17) is 0 Å². The predicted octanol–water partition coefficient (Wildman–Crippen LogP) is 4.86. The van der Waals surface area contributed by atoms with E-state index in [0.717, 1.165) is 33.0 Å². The van der Waals surface area contributed by atoms with E-state index in [1.54, 1.807) is 6.08 Å². The first kappa shape index (κ1) is 16.8. The Balaban J connectivity index is 1.72. The Morgan fingerprint density at radius 1 is 1.12 bits per heavy atom. The highest BCUT2D eigenvalue weighted by Gasteiger charge is 2.34. The van der Waals surface area contributed by atoms with Crippen molar-refractivity contribution in [2.45, 2.75) is 6.92 Å². The number of benzene rings is 2. The Morgan fingerprint density at radius 3 is 2.54 bits per heavy atom. The van der Waals surface area contributed by atoms with Gasteiger partial charge in [0.25, 0.3) is 11.1 Å². The Labute approximate surface area is 153 Å². The van der Waals surface area contributed by atoms with Crippen LogP contribution in [0.3, 0.4) is 0 Å². The number of thioether (sulfide) groups is 1. The van der Waals surface area contributed by atoms with Crippen molar-refractivity contribution in [3.05, 3.63) is 69.0 Å². The zero-order chi connectivity index (χ0) is 17.1. The summed E-state index contributed by atoms with van der Waals surface area (Å²) in [4.78, 5) is 26.2. The number of halogens is 1. The fourth-order valence-corrected chi connectivity index (χ4v) is 3.48. The van der Waals surface area contributed by atoms with Crippen molar-refractivity contribution in [2.75, 3.05) is 12.0 Å². The van der Waals surface area contributed by atoms with E-state index in [1.807, 2.05) is 55.5 Å². The first-order valence-corrected chi connectivity index (χ1v) is 8.96. The van der Waals surface area contributed by atoms with E-state index >= 15 is 0 Å². The van der Waals surface area contributed by atoms with E-state index in [9.17, 15) is 9.59 Å². The van der Waals surface area contributed by atoms with Crippen LogP contribution in [0.1, 0.15) is 11.1 Å². The molecule has 1 aliphatic rings. The van der Waals surface area contributed by atoms with Crippen molar-refractivity contribution in [2.24, 2.45) is 0 Å². The van der Waals surface area contributed by atoms with E-state index in [0.29, 0.717) is 4.91 Å². The number of nitrogens with one attached hydrogen (secondary N) is 1. The van der Waals surface area contributed by atoms with Gasteiger partial charge < -0.3 is 5.32 Å². The Morgan fingerprint density at radius 2 is 1.83 bits per heavy atom. The number of rotatable bonds is 4. The standard InChI is InChI=1S/C18H15BrN2O2S/c1-12-6-8-13(9-7-12)10-16-17(22)21(18(23)24-16)11-20-15-5-3-2-4-14(15)19/h2-10,20H,11H2,1H3/b16-10-. The second-order valence-corrected chi connectivity index (χ2v) is 7.18. The Bertz CT molecular complexity index is 818. The van der Waals surface area contributed by atoms with Gasteiger partial charge in [0.15, 0.2) is 0 Å². The molecule has 2 aromatic rings. The van der Waals surface area contributed by atoms with Crippen LogP contribution in [0, 0.1) is 6.92 Å². The number of hydrogen-bond acceptors (Lipinski definition) is 4. The molecule has 2 aromatic carbocycles. The molecule has 0 unspecified atom stereocenters. The number of aryl methyl sites for hydroxylation is 1. The molecule has 0 spiro atoms. The summed E-state index contributed by atoms with van der Waals surface area (Å²) >= 11 is 4.40. The van der Waals surface area contributed by atoms with Crippen molar-refractivity contribution in [1.82, 2.24) is 4.90 Å². The fourth-order valence-electron chi connectivity index (χ4n) is 2.22. The van der Waals surface area contributed by atoms with Crippen LogP contribution in [0.15, 0.2) is 57.9 Å². The second-order valence-electron chi connectivity index (χ2n) is 5.34. The summed E-state index contributed by atoms with van der Waals surface area (Å²) in [7, 11) is 0. The molecule has 0 radical (unpaired) electrons. The minimum atomic E-state index is -0.273. The number of nitrogens with zero attached hydrogens (tertiary/aromatic N) is 1. The van der Waals surface area contributed by atoms with Crippen molar-refractivity contribution >= 4 is 50.6 Å². The maximum atomic E-state index is 12.5. The number of carbonyl (C=O) groups is 2. The lowest BCUT2D eigenvalue weighted by atomic mass is 10.1. The summed E-state index contributed by atoms with van der Waals surface area (Å²) in [5.74, 6) is -0.273. The fraction of sp³-hybridized carbons (Fsp3) is 0.111. The zero-order valence-corrected chi connectivity index (χ0v) is 15.4. The molecule has 0 aromatic heterocycles. The summed E-state index contributed by atoms with van der Waals surface area (Å²) < 4.78 is 0.882. The van der Waals surface area contributed by atoms with Crippen molar-refractivity contribution < 1.29 is 9.59 Å². The van der Waals surface area contributed by atoms with E-state index in [2.05, 4.69) is 21.2 Å². The van der Waals surface area contributed by atoms with E-state index in [1.165, 1.54) is 4.90 Å². The highest BCUT2D eigenvalue weighted by Crippen LogP contribution is 2.32. The molecule has 3 rings (SSSR count). The summed E-state index contributed by atoms with van der Waals surface area (Å²) in [5, 5.41) is 2.84. The Hall–Kier alpha value is -2.05. The van der Waals surface area contributed by atoms with Crippen LogP contribution >= 0.6 is 27.7 Å². The van der Waals surface area contributed by atoms with Gasteiger partial charge >= 0.3 is 0 Å². The minimum absolute atomic E-state index is 0.137. The monoisotopic (exact) mass is 402 g/mol. The number of imide groups is 1. The number of anilines is 1. The summed E-state index contributed by atoms with van der Waals surface area (Å²) in [6.45, 7) is 2.14. The molecule has 1 N–H and O–H groups in total. The van der Waals surface area contributed by atoms with Gasteiger partial charge in [-0.25, -0.2) is 0 Å². The van der Waals surface area contributed by atoms with Gasteiger partial charge in [-0.2, -0.15) is 0 Å². The van der Waals surface area contributed by atoms with Gasteiger partial charge in [-0.3, -0.25) is 14.5 Å². The Kier molecular flexibility index (Phi) is 5.06. The highest BCUT2D eigenvalue weighted by molar-refractivity contribution is 9.10. The van der Waals surface area contributed by atoms with Crippen molar-refractivity contribution in [1.29, 1.82) is 0 Å². The maximum Gasteiger partial charge on any atom is 0.295 e. The maximum absolute atomic E-state index is 12.5. The molecule has 1 saturated heterocycles. The molecule has 2 amide bonds. The molecule has 122 valence electrons.